The Labute approximate surface area is 131 Å². The lowest BCUT2D eigenvalue weighted by molar-refractivity contribution is -0.121. The molecule has 0 saturated carbocycles. The molecule has 0 aliphatic heterocycles. The number of nitrogens with one attached hydrogen (secondary N) is 1. The normalized spacial score (nSPS) is 10.5. The molecule has 0 fully saturated rings. The minimum Gasteiger partial charge on any atom is -0.383 e. The second kappa shape index (κ2) is 9.83. The van der Waals surface area contributed by atoms with Crippen LogP contribution in [0.1, 0.15) is 30.8 Å². The van der Waals surface area contributed by atoms with E-state index in [1.54, 1.807) is 12.0 Å². The molecule has 0 radical (unpaired) electrons. The maximum absolute atomic E-state index is 12.4. The van der Waals surface area contributed by atoms with Gasteiger partial charge in [-0.3, -0.25) is 14.6 Å². The number of hydrogen-bond donors (Lipinski definition) is 1. The Balaban J connectivity index is 2.57. The molecule has 7 heteroatoms. The molecule has 1 heterocycles. The lowest BCUT2D eigenvalue weighted by atomic mass is 10.2. The third-order valence-electron chi connectivity index (χ3n) is 2.95. The summed E-state index contributed by atoms with van der Waals surface area (Å²) in [6.45, 7) is 5.83. The van der Waals surface area contributed by atoms with E-state index >= 15 is 0 Å². The maximum Gasteiger partial charge on any atom is 0.274 e. The second-order valence-corrected chi connectivity index (χ2v) is 5.32. The number of carbonyl (C=O) groups excluding carboxylic acids is 2. The second-order valence-electron chi connectivity index (χ2n) is 5.32. The van der Waals surface area contributed by atoms with E-state index in [4.69, 9.17) is 4.74 Å². The van der Waals surface area contributed by atoms with Crippen LogP contribution in [0.2, 0.25) is 0 Å². The van der Waals surface area contributed by atoms with Gasteiger partial charge in [-0.05, 0) is 5.92 Å². The van der Waals surface area contributed by atoms with Crippen molar-refractivity contribution in [1.29, 1.82) is 0 Å². The van der Waals surface area contributed by atoms with E-state index in [1.165, 1.54) is 18.6 Å². The van der Waals surface area contributed by atoms with E-state index < -0.39 is 0 Å². The number of carbonyl (C=O) groups is 2. The topological polar surface area (TPSA) is 84.4 Å². The van der Waals surface area contributed by atoms with Gasteiger partial charge in [0.05, 0.1) is 12.8 Å². The van der Waals surface area contributed by atoms with E-state index in [2.05, 4.69) is 15.3 Å². The predicted molar refractivity (Wildman–Crippen MR) is 82.3 cm³/mol. The molecule has 0 aromatic carbocycles. The number of amides is 2. The number of aromatic nitrogens is 2. The fourth-order valence-corrected chi connectivity index (χ4v) is 1.73. The van der Waals surface area contributed by atoms with Gasteiger partial charge in [0.25, 0.3) is 5.91 Å². The summed E-state index contributed by atoms with van der Waals surface area (Å²) in [7, 11) is 1.57. The van der Waals surface area contributed by atoms with Crippen LogP contribution in [-0.4, -0.2) is 60.0 Å². The van der Waals surface area contributed by atoms with Gasteiger partial charge in [-0.25, -0.2) is 4.98 Å². The van der Waals surface area contributed by atoms with Gasteiger partial charge in [0, 0.05) is 45.6 Å². The lowest BCUT2D eigenvalue weighted by Crippen LogP contribution is -2.38. The highest BCUT2D eigenvalue weighted by Crippen LogP contribution is 2.02. The average molecular weight is 308 g/mol. The molecule has 22 heavy (non-hydrogen) atoms. The summed E-state index contributed by atoms with van der Waals surface area (Å²) in [5.74, 6) is 0.0830. The molecule has 1 N–H and O–H groups in total. The molecule has 1 aromatic heterocycles. The highest BCUT2D eigenvalue weighted by atomic mass is 16.5. The van der Waals surface area contributed by atoms with Gasteiger partial charge in [0.2, 0.25) is 5.91 Å². The Morgan fingerprint density at radius 1 is 1.32 bits per heavy atom. The van der Waals surface area contributed by atoms with E-state index in [9.17, 15) is 9.59 Å². The lowest BCUT2D eigenvalue weighted by Gasteiger charge is -2.21. The summed E-state index contributed by atoms with van der Waals surface area (Å²) in [4.78, 5) is 33.6. The molecule has 0 aliphatic rings. The Bertz CT molecular complexity index is 465. The Hall–Kier alpha value is -2.02. The van der Waals surface area contributed by atoms with Crippen LogP contribution in [0.25, 0.3) is 0 Å². The minimum atomic E-state index is -0.248. The molecular weight excluding hydrogens is 284 g/mol. The van der Waals surface area contributed by atoms with Gasteiger partial charge >= 0.3 is 0 Å². The minimum absolute atomic E-state index is 0.0666. The number of rotatable bonds is 9. The van der Waals surface area contributed by atoms with Crippen LogP contribution in [0.3, 0.4) is 0 Å². The summed E-state index contributed by atoms with van der Waals surface area (Å²) < 4.78 is 5.01. The zero-order valence-electron chi connectivity index (χ0n) is 13.4. The monoisotopic (exact) mass is 308 g/mol. The molecule has 7 nitrogen and oxygen atoms in total. The molecule has 0 unspecified atom stereocenters. The summed E-state index contributed by atoms with van der Waals surface area (Å²) in [5.41, 5.74) is 0.265. The number of ether oxygens (including phenoxy) is 1. The van der Waals surface area contributed by atoms with Crippen molar-refractivity contribution in [3.05, 3.63) is 24.3 Å². The van der Waals surface area contributed by atoms with Gasteiger partial charge in [-0.2, -0.15) is 0 Å². The summed E-state index contributed by atoms with van der Waals surface area (Å²) in [5, 5.41) is 2.84. The van der Waals surface area contributed by atoms with E-state index in [0.717, 1.165) is 0 Å². The Morgan fingerprint density at radius 3 is 2.68 bits per heavy atom. The molecule has 1 aromatic rings. The van der Waals surface area contributed by atoms with Gasteiger partial charge in [0.1, 0.15) is 5.69 Å². The fraction of sp³-hybridized carbons (Fsp3) is 0.600. The van der Waals surface area contributed by atoms with Crippen LogP contribution in [0.15, 0.2) is 18.6 Å². The zero-order chi connectivity index (χ0) is 16.4. The first-order valence-electron chi connectivity index (χ1n) is 7.35. The van der Waals surface area contributed by atoms with Crippen molar-refractivity contribution < 1.29 is 14.3 Å². The van der Waals surface area contributed by atoms with Crippen LogP contribution < -0.4 is 5.32 Å². The number of hydrogen-bond acceptors (Lipinski definition) is 5. The largest absolute Gasteiger partial charge is 0.383 e. The third-order valence-corrected chi connectivity index (χ3v) is 2.95. The van der Waals surface area contributed by atoms with Gasteiger partial charge in [-0.15, -0.1) is 0 Å². The third kappa shape index (κ3) is 6.62. The van der Waals surface area contributed by atoms with Crippen molar-refractivity contribution in [2.24, 2.45) is 5.92 Å². The van der Waals surface area contributed by atoms with Gasteiger partial charge < -0.3 is 15.0 Å². The number of methoxy groups -OCH3 is 1. The highest BCUT2D eigenvalue weighted by molar-refractivity contribution is 5.92. The highest BCUT2D eigenvalue weighted by Gasteiger charge is 2.18. The average Bonchev–Trinajstić information content (AvgIpc) is 2.53. The quantitative estimate of drug-likeness (QED) is 0.727. The van der Waals surface area contributed by atoms with E-state index in [0.29, 0.717) is 32.2 Å². The maximum atomic E-state index is 12.4. The molecule has 0 atom stereocenters. The van der Waals surface area contributed by atoms with Crippen LogP contribution in [0.4, 0.5) is 0 Å². The molecule has 0 aliphatic carbocycles. The van der Waals surface area contributed by atoms with Crippen molar-refractivity contribution >= 4 is 11.8 Å². The molecule has 0 saturated heterocycles. The van der Waals surface area contributed by atoms with Crippen molar-refractivity contribution in [2.75, 3.05) is 33.4 Å². The van der Waals surface area contributed by atoms with Crippen molar-refractivity contribution in [3.8, 4) is 0 Å². The van der Waals surface area contributed by atoms with Gasteiger partial charge in [0.15, 0.2) is 0 Å². The summed E-state index contributed by atoms with van der Waals surface area (Å²) in [6.07, 6.45) is 4.65. The molecule has 122 valence electrons. The standard InChI is InChI=1S/C15H24N4O3/c1-12(2)10-18-14(20)4-7-19(8-9-22-3)15(21)13-11-16-5-6-17-13/h5-6,11-12H,4,7-10H2,1-3H3,(H,18,20). The number of nitrogens with zero attached hydrogens (tertiary/aromatic N) is 3. The zero-order valence-corrected chi connectivity index (χ0v) is 13.4. The van der Waals surface area contributed by atoms with Crippen molar-refractivity contribution in [2.45, 2.75) is 20.3 Å². The van der Waals surface area contributed by atoms with Crippen LogP contribution in [0.5, 0.6) is 0 Å². The molecule has 2 amide bonds. The van der Waals surface area contributed by atoms with Gasteiger partial charge in [-0.1, -0.05) is 13.8 Å². The van der Waals surface area contributed by atoms with Crippen molar-refractivity contribution in [3.63, 3.8) is 0 Å². The van der Waals surface area contributed by atoms with E-state index in [-0.39, 0.29) is 23.9 Å². The molecule has 0 bridgehead atoms. The van der Waals surface area contributed by atoms with Crippen LogP contribution in [-0.2, 0) is 9.53 Å². The van der Waals surface area contributed by atoms with Crippen LogP contribution in [0, 0.1) is 5.92 Å². The van der Waals surface area contributed by atoms with Crippen molar-refractivity contribution in [1.82, 2.24) is 20.2 Å². The molecule has 0 spiro atoms. The summed E-state index contributed by atoms with van der Waals surface area (Å²) >= 11 is 0. The smallest absolute Gasteiger partial charge is 0.274 e. The molecular formula is C15H24N4O3. The molecule has 1 rings (SSSR count). The first-order valence-corrected chi connectivity index (χ1v) is 7.35. The Morgan fingerprint density at radius 2 is 2.09 bits per heavy atom. The first-order chi connectivity index (χ1) is 10.5. The van der Waals surface area contributed by atoms with E-state index in [1.807, 2.05) is 13.8 Å². The Kier molecular flexibility index (Phi) is 8.06. The summed E-state index contributed by atoms with van der Waals surface area (Å²) in [6, 6.07) is 0. The SMILES string of the molecule is COCCN(CCC(=O)NCC(C)C)C(=O)c1cnccn1. The fourth-order valence-electron chi connectivity index (χ4n) is 1.73. The first kappa shape index (κ1) is 18.0. The predicted octanol–water partition coefficient (Wildman–Crippen LogP) is 0.728. The van der Waals surface area contributed by atoms with Crippen LogP contribution >= 0.6 is 0 Å².